The zero-order chi connectivity index (χ0) is 40.5. The molecule has 0 saturated heterocycles. The number of hydrogen-bond acceptors (Lipinski definition) is 1. The minimum atomic E-state index is -3.13. The monoisotopic (exact) mass is 617 g/mol. The van der Waals surface area contributed by atoms with Gasteiger partial charge < -0.3 is 4.74 Å². The molecule has 0 fully saturated rings. The van der Waals surface area contributed by atoms with Crippen LogP contribution in [0.1, 0.15) is 20.6 Å². The van der Waals surface area contributed by atoms with Gasteiger partial charge in [0.25, 0.3) is 0 Å². The Morgan fingerprint density at radius 3 is 1.91 bits per heavy atom. The van der Waals surface area contributed by atoms with Gasteiger partial charge >= 0.3 is 0 Å². The molecule has 1 nitrogen and oxygen atoms in total. The first-order valence-electron chi connectivity index (χ1n) is 20.8. The highest BCUT2D eigenvalue weighted by Gasteiger charge is 2.43. The van der Waals surface area contributed by atoms with Crippen LogP contribution in [-0.4, -0.2) is 20.9 Å². The summed E-state index contributed by atoms with van der Waals surface area (Å²) < 4.78 is 105. The lowest BCUT2D eigenvalue weighted by Gasteiger charge is -2.38. The van der Waals surface area contributed by atoms with Crippen molar-refractivity contribution in [1.29, 1.82) is 0 Å². The second-order valence-corrected chi connectivity index (χ2v) is 15.4. The maximum Gasteiger partial charge on any atom is 0.225 e. The van der Waals surface area contributed by atoms with Crippen molar-refractivity contribution in [2.24, 2.45) is 0 Å². The van der Waals surface area contributed by atoms with E-state index in [2.05, 4.69) is 36.4 Å². The molecule has 0 radical (unpaired) electrons. The van der Waals surface area contributed by atoms with Crippen LogP contribution in [0, 0.1) is 6.92 Å². The Balaban J connectivity index is 1.49. The van der Waals surface area contributed by atoms with Crippen molar-refractivity contribution in [1.82, 2.24) is 0 Å². The van der Waals surface area contributed by atoms with Gasteiger partial charge in [-0.3, -0.25) is 0 Å². The topological polar surface area (TPSA) is 9.23 Å². The Kier molecular flexibility index (Phi) is 4.89. The highest BCUT2D eigenvalue weighted by atomic mass is 28.3. The Morgan fingerprint density at radius 1 is 0.630 bits per heavy atom. The first-order valence-corrected chi connectivity index (χ1v) is 17.3. The van der Waals surface area contributed by atoms with Crippen LogP contribution in [-0.2, 0) is 0 Å². The second-order valence-electron chi connectivity index (χ2n) is 11.5. The van der Waals surface area contributed by atoms with Gasteiger partial charge in [0.1, 0.15) is 11.9 Å². The van der Waals surface area contributed by atoms with Crippen LogP contribution >= 0.6 is 0 Å². The van der Waals surface area contributed by atoms with E-state index in [4.69, 9.17) is 14.3 Å². The molecule has 6 aromatic carbocycles. The van der Waals surface area contributed by atoms with Crippen LogP contribution in [0.4, 0.5) is 0 Å². The standard InChI is InChI=1S/C43H35BOSi/c1-32-28-29-41-43(30-32)45-42-27-14-13-26-40(42)44(41)39-25-12-11-24-38(39)33-16-15-23-37(31-33)46(34-17-5-2-6-18-34,35-19-7-3-8-20-35)36-21-9-4-10-22-36/h2-31,40,42H,1H3/i11D,12D,13D,14D,24D,25D,26D,27D,28D,29D,30D. The first kappa shape index (κ1) is 18.8. The van der Waals surface area contributed by atoms with Crippen LogP contribution in [0.5, 0.6) is 5.75 Å². The molecule has 0 spiro atoms. The molecule has 0 saturated carbocycles. The Hall–Kier alpha value is -5.12. The number of allylic oxidation sites excluding steroid dienone is 2. The van der Waals surface area contributed by atoms with E-state index in [1.807, 2.05) is 72.8 Å². The summed E-state index contributed by atoms with van der Waals surface area (Å²) in [5.74, 6) is -1.43. The average Bonchev–Trinajstić information content (AvgIpc) is 3.24. The van der Waals surface area contributed by atoms with Crippen molar-refractivity contribution in [3.8, 4) is 16.9 Å². The molecule has 8 rings (SSSR count). The van der Waals surface area contributed by atoms with E-state index in [1.54, 1.807) is 6.07 Å². The number of fused-ring (bicyclic) bond motifs is 2. The summed E-state index contributed by atoms with van der Waals surface area (Å²) in [5, 5.41) is 4.19. The molecular formula is C43H35BOSi. The predicted molar refractivity (Wildman–Crippen MR) is 198 cm³/mol. The molecule has 0 bridgehead atoms. The lowest BCUT2D eigenvalue weighted by Crippen LogP contribution is -2.74. The molecule has 0 amide bonds. The molecule has 1 aliphatic heterocycles. The number of hydrogen-bond donors (Lipinski definition) is 0. The van der Waals surface area contributed by atoms with Gasteiger partial charge in [0.2, 0.25) is 6.71 Å². The van der Waals surface area contributed by atoms with E-state index in [9.17, 15) is 5.48 Å². The molecule has 2 atom stereocenters. The van der Waals surface area contributed by atoms with Gasteiger partial charge in [-0.1, -0.05) is 175 Å². The van der Waals surface area contributed by atoms with Gasteiger partial charge in [0, 0.05) is 5.82 Å². The van der Waals surface area contributed by atoms with Gasteiger partial charge in [-0.25, -0.2) is 0 Å². The molecule has 1 heterocycles. The molecule has 0 aromatic heterocycles. The predicted octanol–water partition coefficient (Wildman–Crippen LogP) is 5.91. The fourth-order valence-corrected chi connectivity index (χ4v) is 11.7. The van der Waals surface area contributed by atoms with Crippen molar-refractivity contribution in [2.45, 2.75) is 18.8 Å². The maximum absolute atomic E-state index is 9.51. The van der Waals surface area contributed by atoms with Gasteiger partial charge in [0.15, 0.2) is 8.07 Å². The van der Waals surface area contributed by atoms with Gasteiger partial charge in [-0.2, -0.15) is 0 Å². The van der Waals surface area contributed by atoms with Crippen LogP contribution < -0.4 is 36.4 Å². The van der Waals surface area contributed by atoms with Crippen molar-refractivity contribution < 1.29 is 19.8 Å². The molecular weight excluding hydrogens is 571 g/mol. The SMILES string of the molecule is [2H]C1=C([2H])C2Oc3c([2H])c(C)c([2H])c([2H])c3B(c3c([2H])c([2H])c([2H])c([2H])c3-c3cccc([Si](c4ccccc4)(c4ccccc4)c4ccccc4)c3)C2C([2H])=C1[2H]. The lowest BCUT2D eigenvalue weighted by atomic mass is 9.30. The van der Waals surface area contributed by atoms with Crippen molar-refractivity contribution in [2.75, 3.05) is 0 Å². The van der Waals surface area contributed by atoms with Crippen LogP contribution in [0.15, 0.2) is 182 Å². The number of benzene rings is 6. The highest BCUT2D eigenvalue weighted by Crippen LogP contribution is 2.34. The number of ether oxygens (including phenoxy) is 1. The third kappa shape index (κ3) is 4.79. The van der Waals surface area contributed by atoms with Crippen LogP contribution in [0.25, 0.3) is 11.1 Å². The lowest BCUT2D eigenvalue weighted by molar-refractivity contribution is 0.247. The fourth-order valence-electron chi connectivity index (χ4n) is 6.94. The molecule has 1 aliphatic carbocycles. The van der Waals surface area contributed by atoms with Crippen LogP contribution in [0.3, 0.4) is 0 Å². The van der Waals surface area contributed by atoms with Crippen molar-refractivity contribution >= 4 is 46.5 Å². The van der Waals surface area contributed by atoms with E-state index >= 15 is 0 Å². The smallest absolute Gasteiger partial charge is 0.225 e. The van der Waals surface area contributed by atoms with E-state index in [-0.39, 0.29) is 52.0 Å². The zero-order valence-electron chi connectivity index (χ0n) is 36.1. The third-order valence-electron chi connectivity index (χ3n) is 8.92. The quantitative estimate of drug-likeness (QED) is 0.167. The van der Waals surface area contributed by atoms with Crippen LogP contribution in [0.2, 0.25) is 5.82 Å². The Bertz CT molecular complexity index is 2560. The summed E-state index contributed by atoms with van der Waals surface area (Å²) in [6.45, 7) is 0.175. The molecule has 2 aliphatic rings. The maximum atomic E-state index is 9.51. The Labute approximate surface area is 289 Å². The van der Waals surface area contributed by atoms with Gasteiger partial charge in [0.05, 0.1) is 15.1 Å². The van der Waals surface area contributed by atoms with E-state index in [0.717, 1.165) is 20.7 Å². The van der Waals surface area contributed by atoms with E-state index < -0.39 is 69.0 Å². The highest BCUT2D eigenvalue weighted by molar-refractivity contribution is 7.19. The fraction of sp³-hybridized carbons (Fsp3) is 0.0698. The summed E-state index contributed by atoms with van der Waals surface area (Å²) in [6.07, 6.45) is -1.37. The molecule has 46 heavy (non-hydrogen) atoms. The zero-order valence-corrected chi connectivity index (χ0v) is 26.1. The molecule has 3 heteroatoms. The summed E-state index contributed by atoms with van der Waals surface area (Å²) in [6, 6.07) is 33.7. The van der Waals surface area contributed by atoms with Crippen molar-refractivity contribution in [3.63, 3.8) is 0 Å². The molecule has 6 aromatic rings. The summed E-state index contributed by atoms with van der Waals surface area (Å²) in [4.78, 5) is 0. The minimum absolute atomic E-state index is 0.000895. The third-order valence-corrected chi connectivity index (χ3v) is 13.7. The molecule has 0 N–H and O–H groups in total. The minimum Gasteiger partial charge on any atom is -0.487 e. The van der Waals surface area contributed by atoms with E-state index in [1.165, 1.54) is 6.92 Å². The average molecular weight is 618 g/mol. The van der Waals surface area contributed by atoms with Crippen molar-refractivity contribution in [3.05, 3.63) is 187 Å². The summed E-state index contributed by atoms with van der Waals surface area (Å²) in [5.41, 5.74) is 0.651. The largest absolute Gasteiger partial charge is 0.487 e. The summed E-state index contributed by atoms with van der Waals surface area (Å²) >= 11 is 0. The Morgan fingerprint density at radius 2 is 1.24 bits per heavy atom. The normalized spacial score (nSPS) is 21.0. The molecule has 2 unspecified atom stereocenters. The number of rotatable bonds is 6. The van der Waals surface area contributed by atoms with Gasteiger partial charge in [-0.05, 0) is 61.9 Å². The molecule has 220 valence electrons. The van der Waals surface area contributed by atoms with Gasteiger partial charge in [-0.15, -0.1) is 0 Å². The second kappa shape index (κ2) is 12.0. The van der Waals surface area contributed by atoms with E-state index in [0.29, 0.717) is 5.56 Å². The summed E-state index contributed by atoms with van der Waals surface area (Å²) in [7, 11) is -3.13. The first-order chi connectivity index (χ1) is 27.3.